The number of hydrogen-bond acceptors (Lipinski definition) is 6. The zero-order valence-electron chi connectivity index (χ0n) is 14.9. The first-order chi connectivity index (χ1) is 12.6. The molecule has 7 heteroatoms. The van der Waals surface area contributed by atoms with Gasteiger partial charge in [-0.15, -0.1) is 11.3 Å². The first kappa shape index (κ1) is 18.4. The topological polar surface area (TPSA) is 67.9 Å². The summed E-state index contributed by atoms with van der Waals surface area (Å²) in [6, 6.07) is 7.42. The van der Waals surface area contributed by atoms with E-state index >= 15 is 0 Å². The first-order valence-corrected chi connectivity index (χ1v) is 9.36. The zero-order valence-corrected chi connectivity index (χ0v) is 15.7. The summed E-state index contributed by atoms with van der Waals surface area (Å²) >= 11 is 1.33. The Kier molecular flexibility index (Phi) is 5.90. The van der Waals surface area contributed by atoms with Gasteiger partial charge in [-0.2, -0.15) is 0 Å². The summed E-state index contributed by atoms with van der Waals surface area (Å²) in [6.45, 7) is 2.23. The van der Waals surface area contributed by atoms with Crippen LogP contribution in [0, 0.1) is 0 Å². The van der Waals surface area contributed by atoms with Crippen molar-refractivity contribution in [2.75, 3.05) is 39.2 Å². The molecule has 1 aliphatic heterocycles. The summed E-state index contributed by atoms with van der Waals surface area (Å²) in [7, 11) is 2.95. The summed E-state index contributed by atoms with van der Waals surface area (Å²) in [5.41, 5.74) is 1.99. The number of rotatable bonds is 6. The molecule has 1 fully saturated rings. The minimum Gasteiger partial charge on any atom is -0.497 e. The van der Waals surface area contributed by atoms with E-state index in [-0.39, 0.29) is 5.91 Å². The molecule has 0 spiro atoms. The zero-order chi connectivity index (χ0) is 18.5. The second-order valence-corrected chi connectivity index (χ2v) is 6.98. The highest BCUT2D eigenvalue weighted by atomic mass is 32.1. The summed E-state index contributed by atoms with van der Waals surface area (Å²) in [6.07, 6.45) is 2.25. The molecule has 1 aromatic heterocycles. The Morgan fingerprint density at radius 2 is 1.85 bits per heavy atom. The van der Waals surface area contributed by atoms with E-state index in [1.807, 2.05) is 29.6 Å². The van der Waals surface area contributed by atoms with Crippen molar-refractivity contribution in [3.05, 3.63) is 35.2 Å². The second-order valence-electron chi connectivity index (χ2n) is 6.11. The van der Waals surface area contributed by atoms with E-state index < -0.39 is 5.97 Å². The number of nitrogens with one attached hydrogen (secondary N) is 1. The van der Waals surface area contributed by atoms with Crippen LogP contribution in [0.1, 0.15) is 23.2 Å². The second kappa shape index (κ2) is 8.33. The summed E-state index contributed by atoms with van der Waals surface area (Å²) in [5.74, 6) is 0.163. The molecular weight excluding hydrogens is 352 g/mol. The Bertz CT molecular complexity index is 779. The summed E-state index contributed by atoms with van der Waals surface area (Å²) < 4.78 is 10.1. The fourth-order valence-electron chi connectivity index (χ4n) is 3.05. The lowest BCUT2D eigenvalue weighted by Gasteiger charge is -2.14. The van der Waals surface area contributed by atoms with Crippen molar-refractivity contribution in [1.29, 1.82) is 0 Å². The van der Waals surface area contributed by atoms with Crippen molar-refractivity contribution >= 4 is 28.2 Å². The number of thiophene rings is 1. The van der Waals surface area contributed by atoms with E-state index in [1.165, 1.54) is 18.4 Å². The minimum absolute atomic E-state index is 0.111. The van der Waals surface area contributed by atoms with Crippen LogP contribution >= 0.6 is 11.3 Å². The SMILES string of the molecule is COC(=O)c1c(-c2ccc(OC)cc2)csc1NC(=O)CN1CCCC1. The van der Waals surface area contributed by atoms with E-state index in [4.69, 9.17) is 9.47 Å². The lowest BCUT2D eigenvalue weighted by molar-refractivity contribution is -0.117. The van der Waals surface area contributed by atoms with Crippen LogP contribution in [0.15, 0.2) is 29.6 Å². The Morgan fingerprint density at radius 1 is 1.15 bits per heavy atom. The molecule has 0 radical (unpaired) electrons. The molecule has 0 unspecified atom stereocenters. The highest BCUT2D eigenvalue weighted by Gasteiger charge is 2.23. The molecule has 1 aromatic carbocycles. The summed E-state index contributed by atoms with van der Waals surface area (Å²) in [5, 5.41) is 5.26. The maximum absolute atomic E-state index is 12.3. The average molecular weight is 374 g/mol. The molecule has 0 atom stereocenters. The van der Waals surface area contributed by atoms with Crippen LogP contribution in [0.4, 0.5) is 5.00 Å². The highest BCUT2D eigenvalue weighted by molar-refractivity contribution is 7.15. The number of likely N-dealkylation sites (tertiary alicyclic amines) is 1. The number of carbonyl (C=O) groups is 2. The number of anilines is 1. The molecule has 26 heavy (non-hydrogen) atoms. The van der Waals surface area contributed by atoms with Crippen LogP contribution in [0.3, 0.4) is 0 Å². The lowest BCUT2D eigenvalue weighted by Crippen LogP contribution is -2.31. The highest BCUT2D eigenvalue weighted by Crippen LogP contribution is 2.36. The van der Waals surface area contributed by atoms with Gasteiger partial charge in [-0.1, -0.05) is 12.1 Å². The van der Waals surface area contributed by atoms with Crippen LogP contribution < -0.4 is 10.1 Å². The number of carbonyl (C=O) groups excluding carboxylic acids is 2. The number of hydrogen-bond donors (Lipinski definition) is 1. The Labute approximate surface area is 156 Å². The van der Waals surface area contributed by atoms with E-state index in [1.54, 1.807) is 7.11 Å². The van der Waals surface area contributed by atoms with Crippen molar-refractivity contribution in [2.24, 2.45) is 0 Å². The summed E-state index contributed by atoms with van der Waals surface area (Å²) in [4.78, 5) is 26.8. The van der Waals surface area contributed by atoms with Crippen LogP contribution in [0.25, 0.3) is 11.1 Å². The maximum Gasteiger partial charge on any atom is 0.341 e. The molecule has 1 N–H and O–H groups in total. The Morgan fingerprint density at radius 3 is 2.46 bits per heavy atom. The van der Waals surface area contributed by atoms with Gasteiger partial charge in [0.15, 0.2) is 0 Å². The van der Waals surface area contributed by atoms with Gasteiger partial charge in [0.1, 0.15) is 16.3 Å². The normalized spacial score (nSPS) is 14.2. The quantitative estimate of drug-likeness (QED) is 0.786. The van der Waals surface area contributed by atoms with Crippen molar-refractivity contribution in [1.82, 2.24) is 4.90 Å². The number of methoxy groups -OCH3 is 2. The van der Waals surface area contributed by atoms with Crippen LogP contribution in [0.2, 0.25) is 0 Å². The molecule has 6 nitrogen and oxygen atoms in total. The molecule has 1 aliphatic rings. The first-order valence-electron chi connectivity index (χ1n) is 8.49. The Hall–Kier alpha value is -2.38. The van der Waals surface area contributed by atoms with E-state index in [0.29, 0.717) is 17.1 Å². The number of ether oxygens (including phenoxy) is 2. The van der Waals surface area contributed by atoms with Crippen molar-refractivity contribution in [3.63, 3.8) is 0 Å². The maximum atomic E-state index is 12.3. The fraction of sp³-hybridized carbons (Fsp3) is 0.368. The largest absolute Gasteiger partial charge is 0.497 e. The standard InChI is InChI=1S/C19H22N2O4S/c1-24-14-7-5-13(6-8-14)15-12-26-18(17(15)19(23)25-2)20-16(22)11-21-9-3-4-10-21/h5-8,12H,3-4,9-11H2,1-2H3,(H,20,22). The molecule has 1 saturated heterocycles. The van der Waals surface area contributed by atoms with Gasteiger partial charge < -0.3 is 14.8 Å². The predicted octanol–water partition coefficient (Wildman–Crippen LogP) is 3.24. The van der Waals surface area contributed by atoms with Gasteiger partial charge in [-0.05, 0) is 43.6 Å². The monoisotopic (exact) mass is 374 g/mol. The van der Waals surface area contributed by atoms with Gasteiger partial charge in [0, 0.05) is 10.9 Å². The van der Waals surface area contributed by atoms with Crippen molar-refractivity contribution < 1.29 is 19.1 Å². The van der Waals surface area contributed by atoms with Crippen LogP contribution in [0.5, 0.6) is 5.75 Å². The van der Waals surface area contributed by atoms with E-state index in [9.17, 15) is 9.59 Å². The molecule has 0 saturated carbocycles. The third kappa shape index (κ3) is 4.05. The van der Waals surface area contributed by atoms with Gasteiger partial charge in [0.2, 0.25) is 5.91 Å². The van der Waals surface area contributed by atoms with Crippen molar-refractivity contribution in [2.45, 2.75) is 12.8 Å². The number of nitrogens with zero attached hydrogens (tertiary/aromatic N) is 1. The predicted molar refractivity (Wildman–Crippen MR) is 102 cm³/mol. The van der Waals surface area contributed by atoms with Gasteiger partial charge >= 0.3 is 5.97 Å². The van der Waals surface area contributed by atoms with Gasteiger partial charge in [0.05, 0.1) is 20.8 Å². The number of esters is 1. The minimum atomic E-state index is -0.464. The molecular formula is C19H22N2O4S. The smallest absolute Gasteiger partial charge is 0.341 e. The molecule has 0 bridgehead atoms. The van der Waals surface area contributed by atoms with Gasteiger partial charge in [-0.25, -0.2) is 4.79 Å². The lowest BCUT2D eigenvalue weighted by atomic mass is 10.0. The Balaban J connectivity index is 1.84. The molecule has 3 rings (SSSR count). The molecule has 138 valence electrons. The van der Waals surface area contributed by atoms with Crippen LogP contribution in [-0.4, -0.2) is 50.6 Å². The van der Waals surface area contributed by atoms with Crippen molar-refractivity contribution in [3.8, 4) is 16.9 Å². The molecule has 1 amide bonds. The average Bonchev–Trinajstić information content (AvgIpc) is 3.31. The third-order valence-electron chi connectivity index (χ3n) is 4.40. The molecule has 2 heterocycles. The fourth-order valence-corrected chi connectivity index (χ4v) is 4.02. The number of benzene rings is 1. The molecule has 2 aromatic rings. The van der Waals surface area contributed by atoms with Gasteiger partial charge in [0.25, 0.3) is 0 Å². The van der Waals surface area contributed by atoms with E-state index in [2.05, 4.69) is 10.2 Å². The molecule has 0 aliphatic carbocycles. The van der Waals surface area contributed by atoms with Crippen LogP contribution in [-0.2, 0) is 9.53 Å². The van der Waals surface area contributed by atoms with E-state index in [0.717, 1.165) is 42.8 Å². The van der Waals surface area contributed by atoms with Gasteiger partial charge in [-0.3, -0.25) is 9.69 Å². The number of amides is 1. The third-order valence-corrected chi connectivity index (χ3v) is 5.30.